The fourth-order valence-electron chi connectivity index (χ4n) is 2.47. The number of aryl methyl sites for hydroxylation is 1. The summed E-state index contributed by atoms with van der Waals surface area (Å²) in [5.41, 5.74) is 1.50. The van der Waals surface area contributed by atoms with Crippen LogP contribution in [0.3, 0.4) is 0 Å². The topological polar surface area (TPSA) is 54.0 Å². The molecule has 0 aliphatic rings. The highest BCUT2D eigenvalue weighted by Crippen LogP contribution is 2.28. The summed E-state index contributed by atoms with van der Waals surface area (Å²) in [6, 6.07) is 10.8. The molecular weight excluding hydrogens is 308 g/mol. The van der Waals surface area contributed by atoms with Crippen LogP contribution in [0.4, 0.5) is 0 Å². The lowest BCUT2D eigenvalue weighted by Crippen LogP contribution is -2.05. The molecule has 2 rings (SSSR count). The Bertz CT molecular complexity index is 709. The molecule has 24 heavy (non-hydrogen) atoms. The first-order valence-corrected chi connectivity index (χ1v) is 7.59. The molecule has 2 aromatic rings. The normalized spacial score (nSPS) is 10.2. The van der Waals surface area contributed by atoms with Crippen LogP contribution in [0.1, 0.15) is 22.3 Å². The van der Waals surface area contributed by atoms with Crippen molar-refractivity contribution < 1.29 is 23.7 Å². The molecule has 0 amide bonds. The van der Waals surface area contributed by atoms with E-state index in [0.29, 0.717) is 35.7 Å². The molecule has 0 aromatic heterocycles. The van der Waals surface area contributed by atoms with Gasteiger partial charge in [-0.25, -0.2) is 0 Å². The second-order valence-electron chi connectivity index (χ2n) is 5.17. The van der Waals surface area contributed by atoms with Gasteiger partial charge < -0.3 is 18.9 Å². The zero-order valence-electron chi connectivity index (χ0n) is 14.4. The number of carbonyl (C=O) groups is 1. The summed E-state index contributed by atoms with van der Waals surface area (Å²) >= 11 is 0. The quantitative estimate of drug-likeness (QED) is 0.693. The SMILES string of the molecule is COc1ccc(CCC(=O)c2ccc(OC)cc2OC)c(OC)c1. The van der Waals surface area contributed by atoms with E-state index in [0.717, 1.165) is 11.3 Å². The van der Waals surface area contributed by atoms with E-state index < -0.39 is 0 Å². The zero-order valence-corrected chi connectivity index (χ0v) is 14.4. The molecule has 0 spiro atoms. The van der Waals surface area contributed by atoms with Gasteiger partial charge in [-0.05, 0) is 30.2 Å². The van der Waals surface area contributed by atoms with Crippen LogP contribution in [0.5, 0.6) is 23.0 Å². The van der Waals surface area contributed by atoms with Gasteiger partial charge in [0.05, 0.1) is 34.0 Å². The second-order valence-corrected chi connectivity index (χ2v) is 5.17. The lowest BCUT2D eigenvalue weighted by molar-refractivity contribution is 0.0979. The van der Waals surface area contributed by atoms with E-state index in [1.807, 2.05) is 18.2 Å². The number of hydrogen-bond donors (Lipinski definition) is 0. The Labute approximate surface area is 142 Å². The second kappa shape index (κ2) is 8.24. The van der Waals surface area contributed by atoms with Crippen molar-refractivity contribution in [3.05, 3.63) is 47.5 Å². The smallest absolute Gasteiger partial charge is 0.166 e. The summed E-state index contributed by atoms with van der Waals surface area (Å²) < 4.78 is 21.0. The van der Waals surface area contributed by atoms with E-state index in [1.165, 1.54) is 7.11 Å². The number of hydrogen-bond acceptors (Lipinski definition) is 5. The first kappa shape index (κ1) is 17.7. The average molecular weight is 330 g/mol. The maximum Gasteiger partial charge on any atom is 0.166 e. The van der Waals surface area contributed by atoms with Crippen LogP contribution in [0.25, 0.3) is 0 Å². The van der Waals surface area contributed by atoms with E-state index in [9.17, 15) is 4.79 Å². The van der Waals surface area contributed by atoms with Crippen molar-refractivity contribution in [3.63, 3.8) is 0 Å². The largest absolute Gasteiger partial charge is 0.497 e. The summed E-state index contributed by atoms with van der Waals surface area (Å²) in [7, 11) is 6.32. The molecule has 5 nitrogen and oxygen atoms in total. The van der Waals surface area contributed by atoms with Crippen LogP contribution in [-0.2, 0) is 6.42 Å². The Morgan fingerprint density at radius 1 is 0.792 bits per heavy atom. The molecule has 5 heteroatoms. The third kappa shape index (κ3) is 3.98. The Morgan fingerprint density at radius 2 is 1.38 bits per heavy atom. The van der Waals surface area contributed by atoms with Gasteiger partial charge in [-0.1, -0.05) is 6.07 Å². The van der Waals surface area contributed by atoms with E-state index >= 15 is 0 Å². The number of ether oxygens (including phenoxy) is 4. The molecule has 0 radical (unpaired) electrons. The lowest BCUT2D eigenvalue weighted by atomic mass is 10.0. The number of ketones is 1. The van der Waals surface area contributed by atoms with Crippen LogP contribution < -0.4 is 18.9 Å². The lowest BCUT2D eigenvalue weighted by Gasteiger charge is -2.12. The molecule has 0 aliphatic heterocycles. The molecule has 0 fully saturated rings. The Kier molecular flexibility index (Phi) is 6.07. The molecule has 0 saturated heterocycles. The minimum absolute atomic E-state index is 0.00683. The van der Waals surface area contributed by atoms with Crippen molar-refractivity contribution in [1.82, 2.24) is 0 Å². The highest BCUT2D eigenvalue weighted by molar-refractivity contribution is 5.99. The predicted octanol–water partition coefficient (Wildman–Crippen LogP) is 3.54. The summed E-state index contributed by atoms with van der Waals surface area (Å²) in [6.07, 6.45) is 0.923. The van der Waals surface area contributed by atoms with E-state index in [-0.39, 0.29) is 5.78 Å². The zero-order chi connectivity index (χ0) is 17.5. The fraction of sp³-hybridized carbons (Fsp3) is 0.316. The van der Waals surface area contributed by atoms with Crippen LogP contribution >= 0.6 is 0 Å². The first-order chi connectivity index (χ1) is 11.6. The van der Waals surface area contributed by atoms with Crippen LogP contribution in [0.15, 0.2) is 36.4 Å². The fourth-order valence-corrected chi connectivity index (χ4v) is 2.47. The molecule has 2 aromatic carbocycles. The van der Waals surface area contributed by atoms with E-state index in [1.54, 1.807) is 39.5 Å². The number of rotatable bonds is 8. The Balaban J connectivity index is 2.13. The van der Waals surface area contributed by atoms with Gasteiger partial charge in [0.1, 0.15) is 23.0 Å². The van der Waals surface area contributed by atoms with Crippen molar-refractivity contribution in [2.45, 2.75) is 12.8 Å². The monoisotopic (exact) mass is 330 g/mol. The Hall–Kier alpha value is -2.69. The molecular formula is C19H22O5. The highest BCUT2D eigenvalue weighted by Gasteiger charge is 2.15. The number of benzene rings is 2. The number of Topliss-reactive ketones (excluding diaryl/α,β-unsaturated/α-hetero) is 1. The summed E-state index contributed by atoms with van der Waals surface area (Å²) in [4.78, 5) is 12.5. The van der Waals surface area contributed by atoms with Gasteiger partial charge in [-0.3, -0.25) is 4.79 Å². The van der Waals surface area contributed by atoms with Crippen molar-refractivity contribution in [2.75, 3.05) is 28.4 Å². The summed E-state index contributed by atoms with van der Waals surface area (Å²) in [5, 5.41) is 0. The van der Waals surface area contributed by atoms with E-state index in [4.69, 9.17) is 18.9 Å². The van der Waals surface area contributed by atoms with Crippen LogP contribution in [0, 0.1) is 0 Å². The van der Waals surface area contributed by atoms with Gasteiger partial charge in [-0.2, -0.15) is 0 Å². The number of carbonyl (C=O) groups excluding carboxylic acids is 1. The molecule has 0 unspecified atom stereocenters. The van der Waals surface area contributed by atoms with Crippen LogP contribution in [-0.4, -0.2) is 34.2 Å². The van der Waals surface area contributed by atoms with Gasteiger partial charge in [0.15, 0.2) is 5.78 Å². The molecule has 0 saturated carbocycles. The minimum atomic E-state index is 0.00683. The Morgan fingerprint density at radius 3 is 1.96 bits per heavy atom. The van der Waals surface area contributed by atoms with E-state index in [2.05, 4.69) is 0 Å². The number of methoxy groups -OCH3 is 4. The van der Waals surface area contributed by atoms with Gasteiger partial charge in [0.25, 0.3) is 0 Å². The van der Waals surface area contributed by atoms with Crippen molar-refractivity contribution >= 4 is 5.78 Å². The van der Waals surface area contributed by atoms with Gasteiger partial charge in [0, 0.05) is 18.6 Å². The molecule has 128 valence electrons. The molecule has 0 atom stereocenters. The average Bonchev–Trinajstić information content (AvgIpc) is 2.65. The third-order valence-electron chi connectivity index (χ3n) is 3.82. The van der Waals surface area contributed by atoms with Crippen molar-refractivity contribution in [3.8, 4) is 23.0 Å². The molecule has 0 N–H and O–H groups in total. The standard InChI is InChI=1S/C19H22O5/c1-21-14-7-5-13(18(11-14)23-3)6-10-17(20)16-9-8-15(22-2)12-19(16)24-4/h5,7-9,11-12H,6,10H2,1-4H3. The molecule has 0 bridgehead atoms. The maximum atomic E-state index is 12.5. The highest BCUT2D eigenvalue weighted by atomic mass is 16.5. The first-order valence-electron chi connectivity index (χ1n) is 7.59. The summed E-state index contributed by atoms with van der Waals surface area (Å²) in [6.45, 7) is 0. The summed E-state index contributed by atoms with van der Waals surface area (Å²) in [5.74, 6) is 2.61. The van der Waals surface area contributed by atoms with Crippen molar-refractivity contribution in [1.29, 1.82) is 0 Å². The molecule has 0 aliphatic carbocycles. The van der Waals surface area contributed by atoms with Gasteiger partial charge >= 0.3 is 0 Å². The van der Waals surface area contributed by atoms with Crippen molar-refractivity contribution in [2.24, 2.45) is 0 Å². The molecule has 0 heterocycles. The van der Waals surface area contributed by atoms with Gasteiger partial charge in [0.2, 0.25) is 0 Å². The third-order valence-corrected chi connectivity index (χ3v) is 3.82. The maximum absolute atomic E-state index is 12.5. The van der Waals surface area contributed by atoms with Gasteiger partial charge in [-0.15, -0.1) is 0 Å². The minimum Gasteiger partial charge on any atom is -0.497 e. The van der Waals surface area contributed by atoms with Crippen LogP contribution in [0.2, 0.25) is 0 Å². The predicted molar refractivity (Wildman–Crippen MR) is 91.7 cm³/mol.